The number of halogens is 1. The third kappa shape index (κ3) is 6.27. The lowest BCUT2D eigenvalue weighted by molar-refractivity contribution is -0.139. The lowest BCUT2D eigenvalue weighted by atomic mass is 9.95. The molecule has 0 saturated carbocycles. The van der Waals surface area contributed by atoms with Gasteiger partial charge in [-0.2, -0.15) is 0 Å². The zero-order chi connectivity index (χ0) is 31.4. The van der Waals surface area contributed by atoms with Gasteiger partial charge >= 0.3 is 5.97 Å². The molecule has 4 aromatic rings. The highest BCUT2D eigenvalue weighted by Crippen LogP contribution is 2.35. The molecule has 0 unspecified atom stereocenters. The number of carbonyl (C=O) groups excluding carboxylic acids is 1. The Morgan fingerprint density at radius 3 is 2.55 bits per heavy atom. The van der Waals surface area contributed by atoms with Crippen LogP contribution in [0, 0.1) is 6.92 Å². The van der Waals surface area contributed by atoms with E-state index in [9.17, 15) is 9.59 Å². The van der Waals surface area contributed by atoms with Crippen molar-refractivity contribution in [3.8, 4) is 11.5 Å². The molecule has 3 aromatic carbocycles. The maximum Gasteiger partial charge on any atom is 0.338 e. The SMILES string of the molecule is C=CCc1cc(/C=c2/sc3n(c2=O)[C@H](c2ccc(C)cc2)C(C(=O)OCC)=C(C)N=3)cc(OC)c1OCc1ccccc1Cl. The van der Waals surface area contributed by atoms with Crippen LogP contribution in [0.5, 0.6) is 11.5 Å². The standard InChI is InChI=1S/C35H33ClN2O5S/c1-6-10-25-17-23(18-28(41-5)32(25)43-20-26-11-8-9-12-27(26)36)19-29-33(39)38-31(24-15-13-21(3)14-16-24)30(34(40)42-7-2)22(4)37-35(38)44-29/h6,8-9,11-19,31H,1,7,10,20H2,2-5H3/b29-19+/t31-/m1/s1. The number of aryl methyl sites for hydroxylation is 1. The first kappa shape index (κ1) is 31.0. The van der Waals surface area contributed by atoms with Gasteiger partial charge in [0.15, 0.2) is 16.3 Å². The van der Waals surface area contributed by atoms with Crippen molar-refractivity contribution in [1.29, 1.82) is 0 Å². The summed E-state index contributed by atoms with van der Waals surface area (Å²) in [6.45, 7) is 9.91. The topological polar surface area (TPSA) is 79.1 Å². The lowest BCUT2D eigenvalue weighted by Crippen LogP contribution is -2.39. The van der Waals surface area contributed by atoms with E-state index in [2.05, 4.69) is 11.6 Å². The van der Waals surface area contributed by atoms with Gasteiger partial charge in [-0.05, 0) is 62.6 Å². The fourth-order valence-corrected chi connectivity index (χ4v) is 6.40. The Labute approximate surface area is 265 Å². The summed E-state index contributed by atoms with van der Waals surface area (Å²) in [6.07, 6.45) is 4.12. The molecular weight excluding hydrogens is 596 g/mol. The van der Waals surface area contributed by atoms with Crippen LogP contribution in [0.2, 0.25) is 5.02 Å². The molecule has 0 spiro atoms. The maximum atomic E-state index is 14.0. The molecule has 0 saturated heterocycles. The van der Waals surface area contributed by atoms with Crippen LogP contribution in [0.1, 0.15) is 47.7 Å². The zero-order valence-electron chi connectivity index (χ0n) is 25.1. The van der Waals surface area contributed by atoms with Crippen LogP contribution in [0.25, 0.3) is 6.08 Å². The molecule has 1 aliphatic heterocycles. The molecule has 0 N–H and O–H groups in total. The Kier molecular flexibility index (Phi) is 9.52. The van der Waals surface area contributed by atoms with E-state index < -0.39 is 12.0 Å². The van der Waals surface area contributed by atoms with E-state index in [1.54, 1.807) is 31.6 Å². The number of benzene rings is 3. The minimum Gasteiger partial charge on any atom is -0.493 e. The summed E-state index contributed by atoms with van der Waals surface area (Å²) < 4.78 is 19.4. The normalized spacial score (nSPS) is 14.6. The Hall–Kier alpha value is -4.40. The third-order valence-corrected chi connectivity index (χ3v) is 8.63. The molecule has 226 valence electrons. The number of methoxy groups -OCH3 is 1. The average molecular weight is 629 g/mol. The largest absolute Gasteiger partial charge is 0.493 e. The summed E-state index contributed by atoms with van der Waals surface area (Å²) >= 11 is 7.62. The van der Waals surface area contributed by atoms with E-state index in [0.717, 1.165) is 27.8 Å². The van der Waals surface area contributed by atoms with Gasteiger partial charge in [0.25, 0.3) is 5.56 Å². The van der Waals surface area contributed by atoms with Crippen molar-refractivity contribution in [1.82, 2.24) is 4.57 Å². The number of hydrogen-bond acceptors (Lipinski definition) is 7. The van der Waals surface area contributed by atoms with Crippen molar-refractivity contribution in [3.63, 3.8) is 0 Å². The predicted octanol–water partition coefficient (Wildman–Crippen LogP) is 6.08. The van der Waals surface area contributed by atoms with Gasteiger partial charge in [-0.25, -0.2) is 9.79 Å². The Morgan fingerprint density at radius 2 is 1.86 bits per heavy atom. The number of aromatic nitrogens is 1. The van der Waals surface area contributed by atoms with E-state index in [-0.39, 0.29) is 18.8 Å². The van der Waals surface area contributed by atoms with E-state index in [1.165, 1.54) is 11.3 Å². The van der Waals surface area contributed by atoms with E-state index in [1.807, 2.05) is 73.7 Å². The predicted molar refractivity (Wildman–Crippen MR) is 174 cm³/mol. The summed E-state index contributed by atoms with van der Waals surface area (Å²) in [7, 11) is 1.58. The molecule has 0 fully saturated rings. The molecule has 1 aliphatic rings. The van der Waals surface area contributed by atoms with E-state index in [4.69, 9.17) is 25.8 Å². The molecule has 0 bridgehead atoms. The molecule has 5 rings (SSSR count). The van der Waals surface area contributed by atoms with Crippen LogP contribution in [0.15, 0.2) is 94.4 Å². The number of fused-ring (bicyclic) bond motifs is 1. The van der Waals surface area contributed by atoms with Gasteiger partial charge < -0.3 is 14.2 Å². The van der Waals surface area contributed by atoms with Gasteiger partial charge in [-0.1, -0.05) is 77.0 Å². The summed E-state index contributed by atoms with van der Waals surface area (Å²) in [5, 5.41) is 0.619. The number of hydrogen-bond donors (Lipinski definition) is 0. The number of carbonyl (C=O) groups is 1. The molecule has 1 atom stereocenters. The van der Waals surface area contributed by atoms with E-state index in [0.29, 0.717) is 43.5 Å². The van der Waals surface area contributed by atoms with Gasteiger partial charge in [0.1, 0.15) is 6.61 Å². The van der Waals surface area contributed by atoms with Crippen molar-refractivity contribution < 1.29 is 19.0 Å². The first-order valence-corrected chi connectivity index (χ1v) is 15.4. The second-order valence-corrected chi connectivity index (χ2v) is 11.7. The van der Waals surface area contributed by atoms with Crippen molar-refractivity contribution in [2.45, 2.75) is 39.8 Å². The summed E-state index contributed by atoms with van der Waals surface area (Å²) in [6, 6.07) is 18.4. The maximum absolute atomic E-state index is 14.0. The first-order valence-electron chi connectivity index (χ1n) is 14.2. The molecule has 0 amide bonds. The van der Waals surface area contributed by atoms with Crippen LogP contribution in [-0.2, 0) is 22.6 Å². The second-order valence-electron chi connectivity index (χ2n) is 10.3. The van der Waals surface area contributed by atoms with Crippen LogP contribution >= 0.6 is 22.9 Å². The summed E-state index contributed by atoms with van der Waals surface area (Å²) in [4.78, 5) is 32.4. The number of esters is 1. The molecular formula is C35H33ClN2O5S. The number of rotatable bonds is 10. The van der Waals surface area contributed by atoms with Crippen LogP contribution in [-0.4, -0.2) is 24.3 Å². The molecule has 9 heteroatoms. The van der Waals surface area contributed by atoms with Crippen molar-refractivity contribution in [2.24, 2.45) is 4.99 Å². The quantitative estimate of drug-likeness (QED) is 0.157. The summed E-state index contributed by atoms with van der Waals surface area (Å²) in [5.41, 5.74) is 4.95. The number of allylic oxidation sites excluding steroid dienone is 2. The Balaban J connectivity index is 1.61. The highest BCUT2D eigenvalue weighted by Gasteiger charge is 2.33. The second kappa shape index (κ2) is 13.5. The highest BCUT2D eigenvalue weighted by molar-refractivity contribution is 7.07. The van der Waals surface area contributed by atoms with Crippen molar-refractivity contribution >= 4 is 35.0 Å². The van der Waals surface area contributed by atoms with Gasteiger partial charge in [-0.3, -0.25) is 9.36 Å². The Bertz CT molecular complexity index is 1940. The van der Waals surface area contributed by atoms with Crippen molar-refractivity contribution in [2.75, 3.05) is 13.7 Å². The monoisotopic (exact) mass is 628 g/mol. The fourth-order valence-electron chi connectivity index (χ4n) is 5.16. The minimum atomic E-state index is -0.667. The Morgan fingerprint density at radius 1 is 1.11 bits per heavy atom. The van der Waals surface area contributed by atoms with Crippen molar-refractivity contribution in [3.05, 3.63) is 137 Å². The van der Waals surface area contributed by atoms with Gasteiger partial charge in [-0.15, -0.1) is 6.58 Å². The third-order valence-electron chi connectivity index (χ3n) is 7.28. The molecule has 0 aliphatic carbocycles. The number of nitrogens with zero attached hydrogens (tertiary/aromatic N) is 2. The lowest BCUT2D eigenvalue weighted by Gasteiger charge is -2.24. The van der Waals surface area contributed by atoms with Crippen LogP contribution in [0.3, 0.4) is 0 Å². The molecule has 44 heavy (non-hydrogen) atoms. The number of thiazole rings is 1. The smallest absolute Gasteiger partial charge is 0.338 e. The first-order chi connectivity index (χ1) is 21.2. The molecule has 2 heterocycles. The summed E-state index contributed by atoms with van der Waals surface area (Å²) in [5.74, 6) is 0.619. The zero-order valence-corrected chi connectivity index (χ0v) is 26.6. The molecule has 0 radical (unpaired) electrons. The van der Waals surface area contributed by atoms with Gasteiger partial charge in [0, 0.05) is 16.1 Å². The van der Waals surface area contributed by atoms with Crippen LogP contribution in [0.4, 0.5) is 0 Å². The van der Waals surface area contributed by atoms with Gasteiger partial charge in [0.05, 0.1) is 35.6 Å². The number of ether oxygens (including phenoxy) is 3. The van der Waals surface area contributed by atoms with E-state index >= 15 is 0 Å². The fraction of sp³-hybridized carbons (Fsp3) is 0.229. The highest BCUT2D eigenvalue weighted by atomic mass is 35.5. The molecule has 7 nitrogen and oxygen atoms in total. The average Bonchev–Trinajstić information content (AvgIpc) is 3.30. The minimum absolute atomic E-state index is 0.216. The molecule has 1 aromatic heterocycles. The van der Waals surface area contributed by atoms with Crippen LogP contribution < -0.4 is 24.4 Å². The van der Waals surface area contributed by atoms with Gasteiger partial charge in [0.2, 0.25) is 0 Å².